The number of aromatic nitrogens is 2. The Hall–Kier alpha value is -5.86. The van der Waals surface area contributed by atoms with E-state index in [1.165, 1.54) is 88.4 Å². The Morgan fingerprint density at radius 1 is 0.429 bits per heavy atom. The second-order valence-electron chi connectivity index (χ2n) is 13.4. The molecule has 0 aliphatic heterocycles. The maximum atomic E-state index is 6.21. The average Bonchev–Trinajstić information content (AvgIpc) is 3.74. The summed E-state index contributed by atoms with van der Waals surface area (Å²) in [6.45, 7) is 7.02. The number of nitrogens with zero attached hydrogens (tertiary/aromatic N) is 2. The van der Waals surface area contributed by atoms with E-state index >= 15 is 0 Å². The Bertz CT molecular complexity index is 2710. The van der Waals surface area contributed by atoms with Gasteiger partial charge in [-0.25, -0.2) is 0 Å². The van der Waals surface area contributed by atoms with Gasteiger partial charge in [-0.2, -0.15) is 0 Å². The van der Waals surface area contributed by atoms with Crippen LogP contribution in [0.5, 0.6) is 0 Å². The molecule has 0 saturated carbocycles. The highest BCUT2D eigenvalue weighted by atomic mass is 15.0. The maximum Gasteiger partial charge on any atom is 0.0544 e. The van der Waals surface area contributed by atoms with Crippen LogP contribution in [0.3, 0.4) is 0 Å². The zero-order chi connectivity index (χ0) is 34.0. The van der Waals surface area contributed by atoms with Crippen molar-refractivity contribution in [2.45, 2.75) is 33.1 Å². The Kier molecular flexibility index (Phi) is 6.39. The van der Waals surface area contributed by atoms with Crippen molar-refractivity contribution in [3.8, 4) is 33.6 Å². The van der Waals surface area contributed by atoms with Crippen LogP contribution in [0, 0.1) is 0 Å². The fourth-order valence-corrected chi connectivity index (χ4v) is 8.26. The second kappa shape index (κ2) is 11.1. The molecule has 1 aliphatic carbocycles. The molecule has 0 spiro atoms. The third-order valence-corrected chi connectivity index (χ3v) is 10.5. The number of hydrogen-bond acceptors (Lipinski definition) is 0. The van der Waals surface area contributed by atoms with E-state index in [1.807, 2.05) is 0 Å². The Morgan fingerprint density at radius 2 is 0.918 bits per heavy atom. The molecule has 236 valence electrons. The fourth-order valence-electron chi connectivity index (χ4n) is 8.26. The van der Waals surface area contributed by atoms with Gasteiger partial charge < -0.3 is 9.13 Å². The minimum atomic E-state index is -0.0579. The highest BCUT2D eigenvalue weighted by molar-refractivity contribution is 6.14. The van der Waals surface area contributed by atoms with Crippen molar-refractivity contribution in [3.63, 3.8) is 0 Å². The molecule has 0 bridgehead atoms. The van der Waals surface area contributed by atoms with Crippen LogP contribution in [0.2, 0.25) is 0 Å². The van der Waals surface area contributed by atoms with Gasteiger partial charge in [0.05, 0.1) is 22.1 Å². The van der Waals surface area contributed by atoms with E-state index in [0.717, 1.165) is 0 Å². The van der Waals surface area contributed by atoms with Crippen molar-refractivity contribution in [1.82, 2.24) is 9.13 Å². The van der Waals surface area contributed by atoms with Crippen LogP contribution in [0.4, 0.5) is 0 Å². The summed E-state index contributed by atoms with van der Waals surface area (Å²) in [6.07, 6.45) is 0. The van der Waals surface area contributed by atoms with Gasteiger partial charge in [-0.05, 0) is 100 Å². The monoisotopic (exact) mass is 632 g/mol. The molecule has 0 amide bonds. The predicted molar refractivity (Wildman–Crippen MR) is 209 cm³/mol. The van der Waals surface area contributed by atoms with Gasteiger partial charge in [-0.1, -0.05) is 119 Å². The predicted octanol–water partition coefficient (Wildman–Crippen LogP) is 12.9. The van der Waals surface area contributed by atoms with E-state index in [1.54, 1.807) is 6.92 Å². The van der Waals surface area contributed by atoms with Gasteiger partial charge in [-0.3, -0.25) is 0 Å². The molecule has 2 heterocycles. The molecule has 9 aromatic rings. The summed E-state index contributed by atoms with van der Waals surface area (Å²) in [7, 11) is 0. The number of rotatable bonds is 3. The smallest absolute Gasteiger partial charge is 0.0544 e. The molecule has 2 aromatic heterocycles. The maximum absolute atomic E-state index is 6.21. The lowest BCUT2D eigenvalue weighted by molar-refractivity contribution is 0.661. The third-order valence-electron chi connectivity index (χ3n) is 10.5. The number of para-hydroxylation sites is 3. The first-order valence-electron chi connectivity index (χ1n) is 17.9. The minimum absolute atomic E-state index is 0.0579. The first kappa shape index (κ1) is 28.2. The van der Waals surface area contributed by atoms with Crippen LogP contribution in [0.15, 0.2) is 158 Å². The Balaban J connectivity index is 0.00000109. The van der Waals surface area contributed by atoms with Crippen LogP contribution in [0.1, 0.15) is 40.2 Å². The number of fused-ring (bicyclic) bond motifs is 9. The molecule has 10 rings (SSSR count). The van der Waals surface area contributed by atoms with Crippen LogP contribution in [0.25, 0.3) is 77.2 Å². The van der Waals surface area contributed by atoms with Crippen molar-refractivity contribution in [2.24, 2.45) is 0 Å². The lowest BCUT2D eigenvalue weighted by atomic mass is 9.82. The molecule has 1 aliphatic rings. The lowest BCUT2D eigenvalue weighted by Gasteiger charge is -2.21. The van der Waals surface area contributed by atoms with Crippen LogP contribution < -0.4 is 0 Å². The minimum Gasteiger partial charge on any atom is -0.309 e. The summed E-state index contributed by atoms with van der Waals surface area (Å²) >= 11 is 0. The van der Waals surface area contributed by atoms with Crippen molar-refractivity contribution < 1.29 is 1.37 Å². The molecule has 0 N–H and O–H groups in total. The lowest BCUT2D eigenvalue weighted by Crippen LogP contribution is -2.14. The van der Waals surface area contributed by atoms with E-state index in [-0.39, 0.29) is 5.41 Å². The molecule has 0 atom stereocenters. The molecule has 0 unspecified atom stereocenters. The van der Waals surface area contributed by atoms with Crippen molar-refractivity contribution in [2.75, 3.05) is 0 Å². The molecule has 0 fully saturated rings. The quantitative estimate of drug-likeness (QED) is 0.183. The molecule has 2 heteroatoms. The second-order valence-corrected chi connectivity index (χ2v) is 13.4. The third kappa shape index (κ3) is 4.27. The van der Waals surface area contributed by atoms with Gasteiger partial charge in [-0.15, -0.1) is 0 Å². The molecule has 7 aromatic carbocycles. The van der Waals surface area contributed by atoms with E-state index < -0.39 is 0 Å². The summed E-state index contributed by atoms with van der Waals surface area (Å²) in [5.74, 6) is 0. The molecular weight excluding hydrogens is 593 g/mol. The first-order valence-corrected chi connectivity index (χ1v) is 17.2. The summed E-state index contributed by atoms with van der Waals surface area (Å²) < 4.78 is 11.0. The van der Waals surface area contributed by atoms with Gasteiger partial charge in [0.25, 0.3) is 0 Å². The highest BCUT2D eigenvalue weighted by Gasteiger charge is 2.36. The highest BCUT2D eigenvalue weighted by Crippen LogP contribution is 2.51. The molecule has 0 radical (unpaired) electrons. The molecule has 0 saturated heterocycles. The summed E-state index contributed by atoms with van der Waals surface area (Å²) in [6, 6.07) is 58.1. The Labute approximate surface area is 288 Å². The molecular formula is C47H38N2. The van der Waals surface area contributed by atoms with Crippen molar-refractivity contribution in [3.05, 3.63) is 169 Å². The van der Waals surface area contributed by atoms with E-state index in [4.69, 9.17) is 1.37 Å². The zero-order valence-corrected chi connectivity index (χ0v) is 28.1. The average molecular weight is 633 g/mol. The standard InChI is InChI=1S/C45H32N2.C2H6/c1-45(2)39-19-11-9-17-33(39)35-27-38-37-26-30(22-24-43(37)47(44(38)28-40(35)45)32-15-7-4-8-16-32)29-21-23-42-36(25-29)34-18-10-12-20-41(34)46(42)31-13-5-3-6-14-31;1-2/h3-28H,1-2H3;1-2H3/i;1T. The van der Waals surface area contributed by atoms with Gasteiger partial charge >= 0.3 is 0 Å². The molecule has 2 nitrogen and oxygen atoms in total. The van der Waals surface area contributed by atoms with Gasteiger partial charge in [0.15, 0.2) is 0 Å². The number of hydrogen-bond donors (Lipinski definition) is 0. The van der Waals surface area contributed by atoms with Crippen LogP contribution in [-0.2, 0) is 5.41 Å². The van der Waals surface area contributed by atoms with Crippen molar-refractivity contribution in [1.29, 1.82) is 0 Å². The largest absolute Gasteiger partial charge is 0.309 e. The number of benzene rings is 7. The topological polar surface area (TPSA) is 9.86 Å². The molecule has 49 heavy (non-hydrogen) atoms. The van der Waals surface area contributed by atoms with Crippen LogP contribution >= 0.6 is 0 Å². The zero-order valence-electron chi connectivity index (χ0n) is 29.1. The van der Waals surface area contributed by atoms with Gasteiger partial charge in [0.2, 0.25) is 0 Å². The Morgan fingerprint density at radius 3 is 1.57 bits per heavy atom. The van der Waals surface area contributed by atoms with Crippen molar-refractivity contribution >= 4 is 43.6 Å². The normalized spacial score (nSPS) is 13.3. The summed E-state index contributed by atoms with van der Waals surface area (Å²) in [5.41, 5.74) is 15.2. The SMILES string of the molecule is CC1(C)c2ccccc2-c2cc3c4cc(-c5ccc6c(c5)c5ccccc5n6-c5ccccc5)ccc4n(-c4ccccc4)c3cc21.[3H]CC. The summed E-state index contributed by atoms with van der Waals surface area (Å²) in [5, 5.41) is 5.11. The van der Waals surface area contributed by atoms with Gasteiger partial charge in [0, 0.05) is 39.7 Å². The first-order chi connectivity index (χ1) is 24.5. The van der Waals surface area contributed by atoms with Gasteiger partial charge in [0.1, 0.15) is 0 Å². The van der Waals surface area contributed by atoms with E-state index in [9.17, 15) is 0 Å². The fraction of sp³-hybridized carbons (Fsp3) is 0.106. The van der Waals surface area contributed by atoms with Crippen LogP contribution in [-0.4, -0.2) is 9.13 Å². The van der Waals surface area contributed by atoms with E-state index in [0.29, 0.717) is 6.90 Å². The summed E-state index contributed by atoms with van der Waals surface area (Å²) in [4.78, 5) is 0. The van der Waals surface area contributed by atoms with E-state index in [2.05, 4.69) is 181 Å².